The number of aromatic nitrogens is 5. The molecule has 0 radical (unpaired) electrons. The molecule has 0 aliphatic rings. The summed E-state index contributed by atoms with van der Waals surface area (Å²) in [6.45, 7) is 2.33. The number of tetrazole rings is 1. The van der Waals surface area contributed by atoms with Gasteiger partial charge in [0, 0.05) is 24.8 Å². The predicted molar refractivity (Wildman–Crippen MR) is 90.6 cm³/mol. The zero-order chi connectivity index (χ0) is 16.8. The fourth-order valence-electron chi connectivity index (χ4n) is 2.45. The molecule has 8 heteroatoms. The SMILES string of the molecule is Cc1nnnn1[C@H](Cc1ccccc1)C(=O)NCCc1cscn1. The van der Waals surface area contributed by atoms with Crippen molar-refractivity contribution in [2.45, 2.75) is 25.8 Å². The topological polar surface area (TPSA) is 85.6 Å². The molecule has 0 spiro atoms. The summed E-state index contributed by atoms with van der Waals surface area (Å²) in [5.74, 6) is 0.523. The molecule has 2 heterocycles. The summed E-state index contributed by atoms with van der Waals surface area (Å²) in [7, 11) is 0. The van der Waals surface area contributed by atoms with Gasteiger partial charge < -0.3 is 5.32 Å². The van der Waals surface area contributed by atoms with E-state index < -0.39 is 6.04 Å². The lowest BCUT2D eigenvalue weighted by Gasteiger charge is -2.17. The molecule has 1 aromatic carbocycles. The average molecular weight is 342 g/mol. The molecule has 124 valence electrons. The van der Waals surface area contributed by atoms with Crippen LogP contribution in [0.5, 0.6) is 0 Å². The number of carbonyl (C=O) groups excluding carboxylic acids is 1. The molecule has 0 fully saturated rings. The van der Waals surface area contributed by atoms with E-state index in [-0.39, 0.29) is 5.91 Å². The second-order valence-electron chi connectivity index (χ2n) is 5.40. The van der Waals surface area contributed by atoms with E-state index >= 15 is 0 Å². The Hall–Kier alpha value is -2.61. The lowest BCUT2D eigenvalue weighted by atomic mass is 10.1. The van der Waals surface area contributed by atoms with Gasteiger partial charge in [-0.3, -0.25) is 4.79 Å². The van der Waals surface area contributed by atoms with Gasteiger partial charge in [-0.2, -0.15) is 0 Å². The van der Waals surface area contributed by atoms with E-state index in [0.29, 0.717) is 25.2 Å². The van der Waals surface area contributed by atoms with E-state index in [0.717, 1.165) is 11.3 Å². The normalized spacial score (nSPS) is 12.0. The summed E-state index contributed by atoms with van der Waals surface area (Å²) in [6, 6.07) is 9.38. The molecule has 1 N–H and O–H groups in total. The predicted octanol–water partition coefficient (Wildman–Crippen LogP) is 1.58. The van der Waals surface area contributed by atoms with Crippen LogP contribution in [0.25, 0.3) is 0 Å². The second kappa shape index (κ2) is 7.78. The molecule has 0 saturated heterocycles. The number of carbonyl (C=O) groups is 1. The molecule has 0 aliphatic heterocycles. The monoisotopic (exact) mass is 342 g/mol. The third-order valence-electron chi connectivity index (χ3n) is 3.69. The average Bonchev–Trinajstić information content (AvgIpc) is 3.25. The number of aryl methyl sites for hydroxylation is 1. The quantitative estimate of drug-likeness (QED) is 0.704. The highest BCUT2D eigenvalue weighted by molar-refractivity contribution is 7.07. The van der Waals surface area contributed by atoms with Gasteiger partial charge in [-0.15, -0.1) is 16.4 Å². The van der Waals surface area contributed by atoms with Gasteiger partial charge in [-0.05, 0) is 22.9 Å². The Kier molecular flexibility index (Phi) is 5.27. The number of amides is 1. The van der Waals surface area contributed by atoms with Gasteiger partial charge in [0.15, 0.2) is 0 Å². The first-order chi connectivity index (χ1) is 11.7. The summed E-state index contributed by atoms with van der Waals surface area (Å²) in [4.78, 5) is 16.9. The summed E-state index contributed by atoms with van der Waals surface area (Å²) < 4.78 is 1.57. The molecule has 0 bridgehead atoms. The minimum Gasteiger partial charge on any atom is -0.354 e. The first-order valence-corrected chi connectivity index (χ1v) is 8.61. The molecule has 1 amide bonds. The molecule has 0 aliphatic carbocycles. The van der Waals surface area contributed by atoms with Crippen molar-refractivity contribution in [3.05, 3.63) is 58.3 Å². The molecule has 24 heavy (non-hydrogen) atoms. The van der Waals surface area contributed by atoms with Gasteiger partial charge in [-0.1, -0.05) is 30.3 Å². The Labute approximate surface area is 143 Å². The van der Waals surface area contributed by atoms with Crippen LogP contribution in [0.2, 0.25) is 0 Å². The summed E-state index contributed by atoms with van der Waals surface area (Å²) in [6.07, 6.45) is 1.25. The highest BCUT2D eigenvalue weighted by atomic mass is 32.1. The van der Waals surface area contributed by atoms with Crippen LogP contribution in [0.15, 0.2) is 41.2 Å². The molecule has 7 nitrogen and oxygen atoms in total. The summed E-state index contributed by atoms with van der Waals surface area (Å²) in [5, 5.41) is 16.5. The van der Waals surface area contributed by atoms with E-state index in [1.54, 1.807) is 28.5 Å². The molecular weight excluding hydrogens is 324 g/mol. The number of hydrogen-bond acceptors (Lipinski definition) is 6. The van der Waals surface area contributed by atoms with E-state index in [2.05, 4.69) is 25.8 Å². The van der Waals surface area contributed by atoms with Gasteiger partial charge in [0.05, 0.1) is 11.2 Å². The lowest BCUT2D eigenvalue weighted by Crippen LogP contribution is -2.36. The first-order valence-electron chi connectivity index (χ1n) is 7.67. The van der Waals surface area contributed by atoms with Crippen LogP contribution in [0.4, 0.5) is 0 Å². The fourth-order valence-corrected chi connectivity index (χ4v) is 3.04. The Morgan fingerprint density at radius 2 is 2.17 bits per heavy atom. The van der Waals surface area contributed by atoms with Gasteiger partial charge in [0.25, 0.3) is 0 Å². The Morgan fingerprint density at radius 1 is 1.33 bits per heavy atom. The van der Waals surface area contributed by atoms with Gasteiger partial charge in [0.2, 0.25) is 5.91 Å². The van der Waals surface area contributed by atoms with E-state index in [1.165, 1.54) is 0 Å². The first kappa shape index (κ1) is 16.3. The number of rotatable bonds is 7. The molecule has 0 saturated carbocycles. The van der Waals surface area contributed by atoms with Gasteiger partial charge >= 0.3 is 0 Å². The van der Waals surface area contributed by atoms with Crippen molar-refractivity contribution in [2.75, 3.05) is 6.54 Å². The van der Waals surface area contributed by atoms with Crippen molar-refractivity contribution in [1.82, 2.24) is 30.5 Å². The molecule has 2 aromatic heterocycles. The fraction of sp³-hybridized carbons (Fsp3) is 0.312. The van der Waals surface area contributed by atoms with Crippen LogP contribution in [0.3, 0.4) is 0 Å². The Balaban J connectivity index is 1.69. The number of nitrogens with zero attached hydrogens (tertiary/aromatic N) is 5. The van der Waals surface area contributed by atoms with Crippen LogP contribution in [-0.4, -0.2) is 37.6 Å². The maximum Gasteiger partial charge on any atom is 0.245 e. The minimum absolute atomic E-state index is 0.0931. The van der Waals surface area contributed by atoms with Crippen molar-refractivity contribution in [3.8, 4) is 0 Å². The van der Waals surface area contributed by atoms with Crippen molar-refractivity contribution in [1.29, 1.82) is 0 Å². The van der Waals surface area contributed by atoms with E-state index in [9.17, 15) is 4.79 Å². The van der Waals surface area contributed by atoms with Crippen molar-refractivity contribution < 1.29 is 4.79 Å². The van der Waals surface area contributed by atoms with Crippen molar-refractivity contribution in [2.24, 2.45) is 0 Å². The van der Waals surface area contributed by atoms with Gasteiger partial charge in [0.1, 0.15) is 11.9 Å². The largest absolute Gasteiger partial charge is 0.354 e. The van der Waals surface area contributed by atoms with Gasteiger partial charge in [-0.25, -0.2) is 9.67 Å². The zero-order valence-electron chi connectivity index (χ0n) is 13.3. The standard InChI is InChI=1S/C16H18N6OS/c1-12-19-20-21-22(12)15(9-13-5-3-2-4-6-13)16(23)17-8-7-14-10-24-11-18-14/h2-6,10-11,15H,7-9H2,1H3,(H,17,23)/t15-/m1/s1. The Morgan fingerprint density at radius 3 is 2.83 bits per heavy atom. The molecule has 0 unspecified atom stereocenters. The number of thiazole rings is 1. The number of benzene rings is 1. The Bertz CT molecular complexity index is 771. The third-order valence-corrected chi connectivity index (χ3v) is 4.33. The maximum absolute atomic E-state index is 12.7. The second-order valence-corrected chi connectivity index (χ2v) is 6.12. The molecule has 3 aromatic rings. The van der Waals surface area contributed by atoms with Crippen LogP contribution < -0.4 is 5.32 Å². The summed E-state index contributed by atoms with van der Waals surface area (Å²) >= 11 is 1.55. The summed E-state index contributed by atoms with van der Waals surface area (Å²) in [5.41, 5.74) is 3.84. The highest BCUT2D eigenvalue weighted by Crippen LogP contribution is 2.15. The van der Waals surface area contributed by atoms with Crippen molar-refractivity contribution in [3.63, 3.8) is 0 Å². The van der Waals surface area contributed by atoms with Crippen LogP contribution >= 0.6 is 11.3 Å². The third kappa shape index (κ3) is 4.02. The van der Waals surface area contributed by atoms with Crippen molar-refractivity contribution >= 4 is 17.2 Å². The number of nitrogens with one attached hydrogen (secondary N) is 1. The zero-order valence-corrected chi connectivity index (χ0v) is 14.1. The molecule has 3 rings (SSSR count). The van der Waals surface area contributed by atoms with E-state index in [1.807, 2.05) is 35.7 Å². The molecular formula is C16H18N6OS. The lowest BCUT2D eigenvalue weighted by molar-refractivity contribution is -0.124. The van der Waals surface area contributed by atoms with Crippen LogP contribution in [-0.2, 0) is 17.6 Å². The maximum atomic E-state index is 12.7. The van der Waals surface area contributed by atoms with Crippen LogP contribution in [0, 0.1) is 6.92 Å². The van der Waals surface area contributed by atoms with Crippen LogP contribution in [0.1, 0.15) is 23.1 Å². The smallest absolute Gasteiger partial charge is 0.245 e. The highest BCUT2D eigenvalue weighted by Gasteiger charge is 2.23. The van der Waals surface area contributed by atoms with E-state index in [4.69, 9.17) is 0 Å². The number of hydrogen-bond donors (Lipinski definition) is 1. The minimum atomic E-state index is -0.474. The molecule has 1 atom stereocenters.